The summed E-state index contributed by atoms with van der Waals surface area (Å²) in [7, 11) is 0. The monoisotopic (exact) mass is 356 g/mol. The van der Waals surface area contributed by atoms with E-state index in [1.165, 1.54) is 0 Å². The summed E-state index contributed by atoms with van der Waals surface area (Å²) in [6, 6.07) is 13.7. The summed E-state index contributed by atoms with van der Waals surface area (Å²) in [4.78, 5) is 4.54. The highest BCUT2D eigenvalue weighted by Crippen LogP contribution is 2.39. The minimum absolute atomic E-state index is 0.152. The fraction of sp³-hybridized carbons (Fsp3) is 0.273. The maximum absolute atomic E-state index is 9.27. The summed E-state index contributed by atoms with van der Waals surface area (Å²) >= 11 is 0. The Morgan fingerprint density at radius 1 is 1.19 bits per heavy atom. The molecular formula is C22H20N4O. The van der Waals surface area contributed by atoms with Crippen LogP contribution in [0.5, 0.6) is 0 Å². The third kappa shape index (κ3) is 3.26. The molecule has 3 atom stereocenters. The van der Waals surface area contributed by atoms with Gasteiger partial charge in [0.1, 0.15) is 5.69 Å². The highest BCUT2D eigenvalue weighted by Gasteiger charge is 2.34. The molecule has 0 unspecified atom stereocenters. The Morgan fingerprint density at radius 3 is 2.81 bits per heavy atom. The molecule has 0 spiro atoms. The van der Waals surface area contributed by atoms with Crippen LogP contribution in [0.1, 0.15) is 42.5 Å². The first kappa shape index (κ1) is 17.2. The molecule has 27 heavy (non-hydrogen) atoms. The van der Waals surface area contributed by atoms with Crippen LogP contribution in [0.15, 0.2) is 53.2 Å². The molecule has 2 aromatic heterocycles. The SMILES string of the molecule is C[C@H]1[C@H](C=Cc2ccc(-c3ccccc3C#N)cn2)c2onnc2C[C@@H]1C. The summed E-state index contributed by atoms with van der Waals surface area (Å²) in [5, 5.41) is 17.1. The number of hydrogen-bond donors (Lipinski definition) is 0. The van der Waals surface area contributed by atoms with Gasteiger partial charge in [0.25, 0.3) is 0 Å². The normalized spacial score (nSPS) is 21.7. The van der Waals surface area contributed by atoms with Crippen molar-refractivity contribution in [1.82, 2.24) is 15.4 Å². The van der Waals surface area contributed by atoms with Gasteiger partial charge in [-0.25, -0.2) is 0 Å². The molecule has 0 fully saturated rings. The highest BCUT2D eigenvalue weighted by atomic mass is 16.5. The van der Waals surface area contributed by atoms with Crippen LogP contribution in [0.2, 0.25) is 0 Å². The van der Waals surface area contributed by atoms with E-state index in [1.54, 1.807) is 0 Å². The van der Waals surface area contributed by atoms with E-state index in [4.69, 9.17) is 4.52 Å². The van der Waals surface area contributed by atoms with E-state index in [0.717, 1.165) is 34.7 Å². The third-order valence-electron chi connectivity index (χ3n) is 5.49. The van der Waals surface area contributed by atoms with Crippen molar-refractivity contribution >= 4 is 6.08 Å². The Morgan fingerprint density at radius 2 is 2.04 bits per heavy atom. The van der Waals surface area contributed by atoms with Crippen molar-refractivity contribution in [2.75, 3.05) is 0 Å². The van der Waals surface area contributed by atoms with Crippen molar-refractivity contribution in [2.45, 2.75) is 26.2 Å². The minimum atomic E-state index is 0.152. The van der Waals surface area contributed by atoms with Crippen LogP contribution in [0.4, 0.5) is 0 Å². The summed E-state index contributed by atoms with van der Waals surface area (Å²) in [5.41, 5.74) is 4.32. The molecule has 5 nitrogen and oxygen atoms in total. The zero-order valence-electron chi connectivity index (χ0n) is 15.3. The molecule has 0 saturated heterocycles. The van der Waals surface area contributed by atoms with Crippen molar-refractivity contribution in [1.29, 1.82) is 5.26 Å². The number of nitrogens with zero attached hydrogens (tertiary/aromatic N) is 4. The number of aromatic nitrogens is 3. The average molecular weight is 356 g/mol. The Balaban J connectivity index is 1.58. The van der Waals surface area contributed by atoms with Crippen molar-refractivity contribution in [3.63, 3.8) is 0 Å². The predicted octanol–water partition coefficient (Wildman–Crippen LogP) is 4.63. The zero-order chi connectivity index (χ0) is 18.8. The molecule has 0 aliphatic heterocycles. The maximum atomic E-state index is 9.27. The number of hydrogen-bond acceptors (Lipinski definition) is 5. The number of benzene rings is 1. The maximum Gasteiger partial charge on any atom is 0.167 e. The van der Waals surface area contributed by atoms with E-state index in [1.807, 2.05) is 48.7 Å². The van der Waals surface area contributed by atoms with Crippen molar-refractivity contribution in [3.8, 4) is 17.2 Å². The van der Waals surface area contributed by atoms with Crippen LogP contribution in [-0.4, -0.2) is 15.4 Å². The van der Waals surface area contributed by atoms with E-state index in [9.17, 15) is 5.26 Å². The van der Waals surface area contributed by atoms with Gasteiger partial charge in [-0.3, -0.25) is 4.98 Å². The van der Waals surface area contributed by atoms with Gasteiger partial charge in [0.2, 0.25) is 0 Å². The van der Waals surface area contributed by atoms with Crippen molar-refractivity contribution in [3.05, 3.63) is 71.4 Å². The molecular weight excluding hydrogens is 336 g/mol. The topological polar surface area (TPSA) is 75.6 Å². The van der Waals surface area contributed by atoms with E-state index in [0.29, 0.717) is 17.4 Å². The molecule has 0 radical (unpaired) electrons. The first-order valence-corrected chi connectivity index (χ1v) is 9.12. The highest BCUT2D eigenvalue weighted by molar-refractivity contribution is 5.70. The fourth-order valence-corrected chi connectivity index (χ4v) is 3.65. The van der Waals surface area contributed by atoms with Gasteiger partial charge in [-0.15, -0.1) is 5.10 Å². The van der Waals surface area contributed by atoms with Crippen molar-refractivity contribution in [2.24, 2.45) is 11.8 Å². The van der Waals surface area contributed by atoms with Crippen molar-refractivity contribution < 1.29 is 4.52 Å². The van der Waals surface area contributed by atoms with Gasteiger partial charge in [0.05, 0.1) is 17.3 Å². The number of pyridine rings is 1. The first-order chi connectivity index (χ1) is 13.2. The largest absolute Gasteiger partial charge is 0.341 e. The Bertz CT molecular complexity index is 1010. The molecule has 0 bridgehead atoms. The molecule has 0 amide bonds. The second kappa shape index (κ2) is 7.16. The minimum Gasteiger partial charge on any atom is -0.341 e. The number of allylic oxidation sites excluding steroid dienone is 1. The molecule has 4 rings (SSSR count). The lowest BCUT2D eigenvalue weighted by atomic mass is 9.74. The molecule has 1 aromatic carbocycles. The van der Waals surface area contributed by atoms with Crippen LogP contribution in [0.3, 0.4) is 0 Å². The smallest absolute Gasteiger partial charge is 0.167 e. The molecule has 1 aliphatic rings. The molecule has 0 saturated carbocycles. The number of nitriles is 1. The van der Waals surface area contributed by atoms with E-state index in [-0.39, 0.29) is 5.92 Å². The molecule has 5 heteroatoms. The average Bonchev–Trinajstić information content (AvgIpc) is 3.16. The predicted molar refractivity (Wildman–Crippen MR) is 102 cm³/mol. The lowest BCUT2D eigenvalue weighted by Crippen LogP contribution is -2.24. The zero-order valence-corrected chi connectivity index (χ0v) is 15.3. The van der Waals surface area contributed by atoms with Gasteiger partial charge in [0.15, 0.2) is 5.76 Å². The third-order valence-corrected chi connectivity index (χ3v) is 5.49. The van der Waals surface area contributed by atoms with E-state index >= 15 is 0 Å². The quantitative estimate of drug-likeness (QED) is 0.684. The molecule has 134 valence electrons. The molecule has 3 aromatic rings. The number of fused-ring (bicyclic) bond motifs is 1. The van der Waals surface area contributed by atoms with Gasteiger partial charge >= 0.3 is 0 Å². The summed E-state index contributed by atoms with van der Waals surface area (Å²) in [6.07, 6.45) is 6.88. The summed E-state index contributed by atoms with van der Waals surface area (Å²) in [5.74, 6) is 2.00. The molecule has 2 heterocycles. The Hall–Kier alpha value is -3.26. The fourth-order valence-electron chi connectivity index (χ4n) is 3.65. The Kier molecular flexibility index (Phi) is 4.55. The van der Waals surface area contributed by atoms with Crippen LogP contribution in [0, 0.1) is 23.2 Å². The van der Waals surface area contributed by atoms with E-state index in [2.05, 4.69) is 41.3 Å². The Labute approximate surface area is 158 Å². The lowest BCUT2D eigenvalue weighted by molar-refractivity contribution is 0.272. The van der Waals surface area contributed by atoms with Gasteiger partial charge in [-0.1, -0.05) is 44.2 Å². The standard InChI is InChI=1S/C22H20N4O/c1-14-11-21-22(27-26-25-21)19(15(14)2)10-9-18-8-7-17(13-24-18)20-6-4-3-5-16(20)12-23/h3-10,13-15,19H,11H2,1-2H3/t14-,15+,19-/m0/s1. The van der Waals surface area contributed by atoms with Crippen LogP contribution in [0.25, 0.3) is 17.2 Å². The van der Waals surface area contributed by atoms with Gasteiger partial charge in [-0.05, 0) is 36.5 Å². The van der Waals surface area contributed by atoms with Crippen LogP contribution >= 0.6 is 0 Å². The number of rotatable bonds is 3. The first-order valence-electron chi connectivity index (χ1n) is 9.12. The van der Waals surface area contributed by atoms with Gasteiger partial charge < -0.3 is 4.52 Å². The van der Waals surface area contributed by atoms with Crippen LogP contribution in [-0.2, 0) is 6.42 Å². The second-order valence-corrected chi connectivity index (χ2v) is 7.14. The second-order valence-electron chi connectivity index (χ2n) is 7.14. The van der Waals surface area contributed by atoms with E-state index < -0.39 is 0 Å². The molecule has 0 N–H and O–H groups in total. The van der Waals surface area contributed by atoms with Gasteiger partial charge in [0, 0.05) is 28.5 Å². The summed E-state index contributed by atoms with van der Waals surface area (Å²) in [6.45, 7) is 4.48. The van der Waals surface area contributed by atoms with Crippen LogP contribution < -0.4 is 0 Å². The molecule has 1 aliphatic carbocycles. The van der Waals surface area contributed by atoms with Gasteiger partial charge in [-0.2, -0.15) is 5.26 Å². The lowest BCUT2D eigenvalue weighted by Gasteiger charge is -2.29. The summed E-state index contributed by atoms with van der Waals surface area (Å²) < 4.78 is 5.41.